The number of hydrogen-bond donors (Lipinski definition) is 0. The largest absolute Gasteiger partial charge is 0.341 e. The van der Waals surface area contributed by atoms with Gasteiger partial charge in [-0.2, -0.15) is 0 Å². The van der Waals surface area contributed by atoms with Crippen molar-refractivity contribution in [1.29, 1.82) is 0 Å². The lowest BCUT2D eigenvalue weighted by atomic mass is 10.1. The Morgan fingerprint density at radius 2 is 1.80 bits per heavy atom. The molecule has 20 heavy (non-hydrogen) atoms. The predicted octanol–water partition coefficient (Wildman–Crippen LogP) is 2.65. The van der Waals surface area contributed by atoms with Crippen LogP contribution in [0.25, 0.3) is 11.3 Å². The second-order valence-electron chi connectivity index (χ2n) is 4.74. The number of aromatic nitrogens is 2. The molecule has 1 aromatic carbocycles. The van der Waals surface area contributed by atoms with Crippen molar-refractivity contribution < 1.29 is 4.92 Å². The average molecular weight is 270 g/mol. The summed E-state index contributed by atoms with van der Waals surface area (Å²) >= 11 is 0. The van der Waals surface area contributed by atoms with E-state index in [0.717, 1.165) is 30.3 Å². The van der Waals surface area contributed by atoms with E-state index in [-0.39, 0.29) is 5.69 Å². The Bertz CT molecular complexity index is 621. The summed E-state index contributed by atoms with van der Waals surface area (Å²) in [7, 11) is 0. The number of nitrogens with zero attached hydrogens (tertiary/aromatic N) is 4. The van der Waals surface area contributed by atoms with Crippen LogP contribution in [0.2, 0.25) is 0 Å². The van der Waals surface area contributed by atoms with Gasteiger partial charge >= 0.3 is 0 Å². The molecule has 6 heteroatoms. The van der Waals surface area contributed by atoms with Gasteiger partial charge in [-0.3, -0.25) is 10.1 Å². The normalized spacial score (nSPS) is 14.5. The summed E-state index contributed by atoms with van der Waals surface area (Å²) < 4.78 is 0. The van der Waals surface area contributed by atoms with Crippen LogP contribution in [0.15, 0.2) is 36.5 Å². The van der Waals surface area contributed by atoms with Crippen molar-refractivity contribution in [3.63, 3.8) is 0 Å². The van der Waals surface area contributed by atoms with Crippen molar-refractivity contribution in [3.05, 3.63) is 46.6 Å². The van der Waals surface area contributed by atoms with Gasteiger partial charge < -0.3 is 4.90 Å². The first-order chi connectivity index (χ1) is 9.74. The molecule has 0 spiro atoms. The zero-order chi connectivity index (χ0) is 13.9. The first kappa shape index (κ1) is 12.5. The second-order valence-corrected chi connectivity index (χ2v) is 4.74. The number of rotatable bonds is 3. The van der Waals surface area contributed by atoms with Crippen molar-refractivity contribution in [3.8, 4) is 11.3 Å². The molecule has 1 aliphatic heterocycles. The maximum absolute atomic E-state index is 10.7. The lowest BCUT2D eigenvalue weighted by molar-refractivity contribution is -0.384. The standard InChI is InChI=1S/C14H14N4O2/c19-18(20)12-5-3-11(4-6-12)13-7-8-15-14(16-13)17-9-1-2-10-17/h3-8H,1-2,9-10H2. The molecule has 0 saturated carbocycles. The van der Waals surface area contributed by atoms with E-state index >= 15 is 0 Å². The van der Waals surface area contributed by atoms with Crippen molar-refractivity contribution >= 4 is 11.6 Å². The number of anilines is 1. The lowest BCUT2D eigenvalue weighted by Gasteiger charge is -2.15. The van der Waals surface area contributed by atoms with E-state index in [1.54, 1.807) is 18.3 Å². The fraction of sp³-hybridized carbons (Fsp3) is 0.286. The van der Waals surface area contributed by atoms with Crippen molar-refractivity contribution in [2.45, 2.75) is 12.8 Å². The van der Waals surface area contributed by atoms with Gasteiger partial charge in [0.25, 0.3) is 5.69 Å². The number of hydrogen-bond acceptors (Lipinski definition) is 5. The van der Waals surface area contributed by atoms with E-state index in [4.69, 9.17) is 0 Å². The van der Waals surface area contributed by atoms with Crippen LogP contribution in [0.5, 0.6) is 0 Å². The van der Waals surface area contributed by atoms with Crippen LogP contribution in [-0.2, 0) is 0 Å². The quantitative estimate of drug-likeness (QED) is 0.633. The van der Waals surface area contributed by atoms with Gasteiger partial charge in [0, 0.05) is 37.0 Å². The third kappa shape index (κ3) is 2.45. The Hall–Kier alpha value is -2.50. The van der Waals surface area contributed by atoms with Gasteiger partial charge in [-0.15, -0.1) is 0 Å². The highest BCUT2D eigenvalue weighted by molar-refractivity contribution is 5.61. The molecule has 0 radical (unpaired) electrons. The SMILES string of the molecule is O=[N+]([O-])c1ccc(-c2ccnc(N3CCCC3)n2)cc1. The highest BCUT2D eigenvalue weighted by atomic mass is 16.6. The van der Waals surface area contributed by atoms with Gasteiger partial charge in [-0.25, -0.2) is 9.97 Å². The molecule has 0 N–H and O–H groups in total. The van der Waals surface area contributed by atoms with Gasteiger partial charge in [0.2, 0.25) is 5.95 Å². The molecule has 2 aromatic rings. The molecular formula is C14H14N4O2. The maximum atomic E-state index is 10.7. The molecule has 0 bridgehead atoms. The Kier molecular flexibility index (Phi) is 3.28. The van der Waals surface area contributed by atoms with Crippen LogP contribution >= 0.6 is 0 Å². The monoisotopic (exact) mass is 270 g/mol. The number of nitro benzene ring substituents is 1. The first-order valence-corrected chi connectivity index (χ1v) is 6.57. The zero-order valence-corrected chi connectivity index (χ0v) is 10.9. The topological polar surface area (TPSA) is 72.2 Å². The Balaban J connectivity index is 1.89. The van der Waals surface area contributed by atoms with Gasteiger partial charge in [-0.1, -0.05) is 0 Å². The van der Waals surface area contributed by atoms with E-state index < -0.39 is 4.92 Å². The summed E-state index contributed by atoms with van der Waals surface area (Å²) in [6.45, 7) is 1.98. The number of benzene rings is 1. The molecule has 2 heterocycles. The lowest BCUT2D eigenvalue weighted by Crippen LogP contribution is -2.20. The van der Waals surface area contributed by atoms with E-state index in [0.29, 0.717) is 0 Å². The van der Waals surface area contributed by atoms with Gasteiger partial charge in [0.05, 0.1) is 10.6 Å². The molecule has 0 amide bonds. The van der Waals surface area contributed by atoms with Crippen LogP contribution in [0.4, 0.5) is 11.6 Å². The van der Waals surface area contributed by atoms with Crippen LogP contribution in [0, 0.1) is 10.1 Å². The summed E-state index contributed by atoms with van der Waals surface area (Å²) in [4.78, 5) is 21.3. The molecular weight excluding hydrogens is 256 g/mol. The van der Waals surface area contributed by atoms with Crippen molar-refractivity contribution in [2.75, 3.05) is 18.0 Å². The average Bonchev–Trinajstić information content (AvgIpc) is 3.02. The van der Waals surface area contributed by atoms with Crippen LogP contribution in [-0.4, -0.2) is 28.0 Å². The Morgan fingerprint density at radius 3 is 2.45 bits per heavy atom. The summed E-state index contributed by atoms with van der Waals surface area (Å²) in [5.74, 6) is 0.735. The first-order valence-electron chi connectivity index (χ1n) is 6.57. The molecule has 1 aliphatic rings. The van der Waals surface area contributed by atoms with Gasteiger partial charge in [0.1, 0.15) is 0 Å². The minimum absolute atomic E-state index is 0.0857. The molecule has 6 nitrogen and oxygen atoms in total. The van der Waals surface area contributed by atoms with Crippen LogP contribution < -0.4 is 4.90 Å². The molecule has 0 unspecified atom stereocenters. The fourth-order valence-electron chi connectivity index (χ4n) is 2.33. The molecule has 102 valence electrons. The van der Waals surface area contributed by atoms with Gasteiger partial charge in [-0.05, 0) is 31.0 Å². The summed E-state index contributed by atoms with van der Waals surface area (Å²) in [5.41, 5.74) is 1.73. The van der Waals surface area contributed by atoms with Crippen molar-refractivity contribution in [2.24, 2.45) is 0 Å². The third-order valence-corrected chi connectivity index (χ3v) is 3.41. The molecule has 3 rings (SSSR count). The Labute approximate surface area is 116 Å². The Morgan fingerprint density at radius 1 is 1.10 bits per heavy atom. The fourth-order valence-corrected chi connectivity index (χ4v) is 2.33. The van der Waals surface area contributed by atoms with E-state index in [1.165, 1.54) is 25.0 Å². The maximum Gasteiger partial charge on any atom is 0.269 e. The van der Waals surface area contributed by atoms with E-state index in [1.807, 2.05) is 6.07 Å². The molecule has 1 fully saturated rings. The van der Waals surface area contributed by atoms with E-state index in [9.17, 15) is 10.1 Å². The highest BCUT2D eigenvalue weighted by Gasteiger charge is 2.15. The number of nitro groups is 1. The second kappa shape index (κ2) is 5.24. The molecule has 0 atom stereocenters. The minimum atomic E-state index is -0.403. The van der Waals surface area contributed by atoms with Gasteiger partial charge in [0.15, 0.2) is 0 Å². The van der Waals surface area contributed by atoms with Crippen LogP contribution in [0.3, 0.4) is 0 Å². The number of non-ortho nitro benzene ring substituents is 1. The van der Waals surface area contributed by atoms with E-state index in [2.05, 4.69) is 14.9 Å². The third-order valence-electron chi connectivity index (χ3n) is 3.41. The smallest absolute Gasteiger partial charge is 0.269 e. The molecule has 1 saturated heterocycles. The van der Waals surface area contributed by atoms with Crippen LogP contribution in [0.1, 0.15) is 12.8 Å². The summed E-state index contributed by atoms with van der Waals surface area (Å²) in [6.07, 6.45) is 4.08. The highest BCUT2D eigenvalue weighted by Crippen LogP contribution is 2.23. The molecule has 0 aliphatic carbocycles. The predicted molar refractivity (Wildman–Crippen MR) is 75.6 cm³/mol. The molecule has 1 aromatic heterocycles. The van der Waals surface area contributed by atoms with Crippen molar-refractivity contribution in [1.82, 2.24) is 9.97 Å². The summed E-state index contributed by atoms with van der Waals surface area (Å²) in [5, 5.41) is 10.7. The summed E-state index contributed by atoms with van der Waals surface area (Å²) in [6, 6.07) is 8.24. The minimum Gasteiger partial charge on any atom is -0.341 e. The zero-order valence-electron chi connectivity index (χ0n) is 10.9.